The van der Waals surface area contributed by atoms with E-state index in [1.807, 2.05) is 9.36 Å². The molecule has 0 saturated carbocycles. The average Bonchev–Trinajstić information content (AvgIpc) is 3.28. The van der Waals surface area contributed by atoms with Gasteiger partial charge in [-0.25, -0.2) is 0 Å². The Morgan fingerprint density at radius 1 is 1.00 bits per heavy atom. The predicted octanol–water partition coefficient (Wildman–Crippen LogP) is 2.15. The van der Waals surface area contributed by atoms with Gasteiger partial charge in [0.2, 0.25) is 6.20 Å². The van der Waals surface area contributed by atoms with Crippen LogP contribution in [0.1, 0.15) is 60.3 Å². The minimum Gasteiger partial charge on any atom is -0.121 e. The minimum absolute atomic E-state index is 0.266. The summed E-state index contributed by atoms with van der Waals surface area (Å²) in [4.78, 5) is 1.27. The fraction of sp³-hybridized carbons (Fsp3) is 0.643. The third-order valence-corrected chi connectivity index (χ3v) is 6.67. The van der Waals surface area contributed by atoms with E-state index in [9.17, 15) is 0 Å². The molecule has 3 aromatic rings. The van der Waals surface area contributed by atoms with Crippen molar-refractivity contribution < 1.29 is 9.36 Å². The lowest BCUT2D eigenvalue weighted by atomic mass is 10.1. The minimum atomic E-state index is 0.266. The van der Waals surface area contributed by atoms with Crippen LogP contribution in [-0.2, 0) is 13.1 Å². The number of hydrogen-bond donors (Lipinski definition) is 0. The molecule has 0 spiro atoms. The standard InChI is InChI=1S/C14H21N7S3/c1-9(2)13-16-21(8-22-13)5-10(3)12-7-20(19-23-12)6-11(4)14-15-17-18-24-14/h7-11H,5-6H2,1-4H3/q+2. The Morgan fingerprint density at radius 2 is 1.79 bits per heavy atom. The fourth-order valence-electron chi connectivity index (χ4n) is 2.28. The number of nitrogens with zero attached hydrogens (tertiary/aromatic N) is 7. The maximum atomic E-state index is 4.66. The fourth-order valence-corrected chi connectivity index (χ4v) is 4.29. The van der Waals surface area contributed by atoms with E-state index in [4.69, 9.17) is 0 Å². The first-order chi connectivity index (χ1) is 11.5. The normalized spacial score (nSPS) is 14.2. The summed E-state index contributed by atoms with van der Waals surface area (Å²) in [5, 5.41) is 14.5. The van der Waals surface area contributed by atoms with E-state index in [1.54, 1.807) is 22.9 Å². The molecule has 3 heterocycles. The molecule has 0 N–H and O–H groups in total. The second-order valence-corrected chi connectivity index (χ2v) is 8.71. The SMILES string of the molecule is CC(C)c1n[n+](CC(C)c2c[n+](CC(C)c3nnns3)ns2)cs1. The molecule has 2 atom stereocenters. The summed E-state index contributed by atoms with van der Waals surface area (Å²) in [6.45, 7) is 10.4. The molecule has 0 bridgehead atoms. The van der Waals surface area contributed by atoms with Crippen molar-refractivity contribution >= 4 is 34.4 Å². The molecular formula is C14H21N7S3+2. The lowest BCUT2D eigenvalue weighted by Crippen LogP contribution is -2.38. The smallest absolute Gasteiger partial charge is 0.121 e. The van der Waals surface area contributed by atoms with E-state index < -0.39 is 0 Å². The van der Waals surface area contributed by atoms with Crippen molar-refractivity contribution in [2.75, 3.05) is 0 Å². The zero-order valence-corrected chi connectivity index (χ0v) is 16.6. The Bertz CT molecular complexity index is 765. The average molecular weight is 384 g/mol. The summed E-state index contributed by atoms with van der Waals surface area (Å²) >= 11 is 4.63. The van der Waals surface area contributed by atoms with Crippen molar-refractivity contribution in [2.24, 2.45) is 0 Å². The van der Waals surface area contributed by atoms with E-state index in [0.29, 0.717) is 11.8 Å². The number of hydrogen-bond acceptors (Lipinski definition) is 8. The molecule has 0 radical (unpaired) electrons. The van der Waals surface area contributed by atoms with E-state index in [0.717, 1.165) is 18.1 Å². The van der Waals surface area contributed by atoms with Crippen molar-refractivity contribution in [2.45, 2.75) is 58.5 Å². The van der Waals surface area contributed by atoms with Gasteiger partial charge in [-0.2, -0.15) is 0 Å². The second-order valence-electron chi connectivity index (χ2n) is 6.27. The first-order valence-corrected chi connectivity index (χ1v) is 10.3. The van der Waals surface area contributed by atoms with Crippen LogP contribution < -0.4 is 9.36 Å². The van der Waals surface area contributed by atoms with Gasteiger partial charge >= 0.3 is 0 Å². The second kappa shape index (κ2) is 7.66. The molecule has 128 valence electrons. The van der Waals surface area contributed by atoms with Crippen LogP contribution in [-0.4, -0.2) is 24.4 Å². The largest absolute Gasteiger partial charge is 0.253 e. The summed E-state index contributed by atoms with van der Waals surface area (Å²) in [6.07, 6.45) is 2.14. The van der Waals surface area contributed by atoms with Crippen LogP contribution in [0.2, 0.25) is 0 Å². The number of rotatable bonds is 7. The van der Waals surface area contributed by atoms with Gasteiger partial charge in [0.15, 0.2) is 18.1 Å². The van der Waals surface area contributed by atoms with Gasteiger partial charge in [-0.1, -0.05) is 46.0 Å². The van der Waals surface area contributed by atoms with Gasteiger partial charge in [-0.15, -0.1) is 5.10 Å². The summed E-state index contributed by atoms with van der Waals surface area (Å²) < 4.78 is 12.4. The zero-order valence-electron chi connectivity index (χ0n) is 14.2. The zero-order chi connectivity index (χ0) is 17.1. The molecule has 3 rings (SSSR count). The Morgan fingerprint density at radius 3 is 2.46 bits per heavy atom. The highest BCUT2D eigenvalue weighted by atomic mass is 32.1. The molecule has 0 aliphatic heterocycles. The molecule has 0 amide bonds. The molecule has 2 unspecified atom stereocenters. The van der Waals surface area contributed by atoms with Crippen LogP contribution in [0.3, 0.4) is 0 Å². The van der Waals surface area contributed by atoms with Crippen molar-refractivity contribution in [1.29, 1.82) is 0 Å². The molecule has 0 fully saturated rings. The van der Waals surface area contributed by atoms with Gasteiger partial charge < -0.3 is 0 Å². The maximum Gasteiger partial charge on any atom is 0.253 e. The van der Waals surface area contributed by atoms with Gasteiger partial charge in [0, 0.05) is 34.1 Å². The van der Waals surface area contributed by atoms with Crippen LogP contribution in [0.15, 0.2) is 11.7 Å². The van der Waals surface area contributed by atoms with Gasteiger partial charge in [0.05, 0.1) is 16.3 Å². The molecule has 0 aromatic carbocycles. The summed E-state index contributed by atoms with van der Waals surface area (Å²) in [6, 6.07) is 0. The Balaban J connectivity index is 1.61. The summed E-state index contributed by atoms with van der Waals surface area (Å²) in [5.74, 6) is 1.13. The van der Waals surface area contributed by atoms with Crippen LogP contribution in [0.4, 0.5) is 0 Å². The highest BCUT2D eigenvalue weighted by molar-refractivity contribution is 7.09. The monoisotopic (exact) mass is 383 g/mol. The first-order valence-electron chi connectivity index (χ1n) is 7.89. The Labute approximate surface area is 153 Å². The highest BCUT2D eigenvalue weighted by Crippen LogP contribution is 2.20. The lowest BCUT2D eigenvalue weighted by Gasteiger charge is -1.99. The summed E-state index contributed by atoms with van der Waals surface area (Å²) in [5.41, 5.74) is 2.10. The Kier molecular flexibility index (Phi) is 5.57. The van der Waals surface area contributed by atoms with Crippen LogP contribution in [0, 0.1) is 0 Å². The molecule has 3 aromatic heterocycles. The van der Waals surface area contributed by atoms with Crippen molar-refractivity contribution in [3.63, 3.8) is 0 Å². The van der Waals surface area contributed by atoms with E-state index >= 15 is 0 Å². The summed E-state index contributed by atoms with van der Waals surface area (Å²) in [7, 11) is 0. The third-order valence-electron chi connectivity index (χ3n) is 3.69. The lowest BCUT2D eigenvalue weighted by molar-refractivity contribution is -0.753. The van der Waals surface area contributed by atoms with Gasteiger partial charge in [-0.05, 0) is 12.1 Å². The molecule has 7 nitrogen and oxygen atoms in total. The molecule has 0 aliphatic carbocycles. The van der Waals surface area contributed by atoms with Gasteiger partial charge in [0.25, 0.3) is 5.51 Å². The first kappa shape index (κ1) is 17.4. The highest BCUT2D eigenvalue weighted by Gasteiger charge is 2.24. The third kappa shape index (κ3) is 4.17. The quantitative estimate of drug-likeness (QED) is 0.585. The van der Waals surface area contributed by atoms with Crippen molar-refractivity contribution in [1.82, 2.24) is 24.4 Å². The molecule has 0 aliphatic rings. The van der Waals surface area contributed by atoms with Gasteiger partial charge in [0.1, 0.15) is 9.88 Å². The molecule has 0 saturated heterocycles. The predicted molar refractivity (Wildman–Crippen MR) is 93.2 cm³/mol. The van der Waals surface area contributed by atoms with Crippen LogP contribution >= 0.6 is 34.4 Å². The maximum absolute atomic E-state index is 4.66. The van der Waals surface area contributed by atoms with E-state index in [2.05, 4.69) is 63.8 Å². The van der Waals surface area contributed by atoms with E-state index in [1.165, 1.54) is 21.4 Å². The molecule has 24 heavy (non-hydrogen) atoms. The van der Waals surface area contributed by atoms with Crippen LogP contribution in [0.25, 0.3) is 0 Å². The van der Waals surface area contributed by atoms with Gasteiger partial charge in [-0.3, -0.25) is 0 Å². The van der Waals surface area contributed by atoms with Crippen molar-refractivity contribution in [3.8, 4) is 0 Å². The Hall–Kier alpha value is -1.39. The molecular weight excluding hydrogens is 362 g/mol. The topological polar surface area (TPSA) is 72.2 Å². The van der Waals surface area contributed by atoms with Crippen LogP contribution in [0.5, 0.6) is 0 Å². The van der Waals surface area contributed by atoms with E-state index in [-0.39, 0.29) is 5.92 Å². The number of aromatic nitrogens is 7. The van der Waals surface area contributed by atoms with Crippen molar-refractivity contribution in [3.05, 3.63) is 26.6 Å². The molecule has 10 heteroatoms.